The Labute approximate surface area is 199 Å². The summed E-state index contributed by atoms with van der Waals surface area (Å²) in [6.45, 7) is -0.288. The van der Waals surface area contributed by atoms with Crippen molar-refractivity contribution in [1.29, 1.82) is 0 Å². The monoisotopic (exact) mass is 496 g/mol. The quantitative estimate of drug-likeness (QED) is 0.387. The highest BCUT2D eigenvalue weighted by atomic mass is 32.2. The first kappa shape index (κ1) is 22.7. The van der Waals surface area contributed by atoms with Gasteiger partial charge in [-0.2, -0.15) is 4.31 Å². The third kappa shape index (κ3) is 4.38. The van der Waals surface area contributed by atoms with Crippen LogP contribution < -0.4 is 15.0 Å². The molecule has 0 amide bonds. The Morgan fingerprint density at radius 1 is 1.06 bits per heavy atom. The summed E-state index contributed by atoms with van der Waals surface area (Å²) in [6.07, 6.45) is 1.43. The molecule has 4 aromatic rings. The van der Waals surface area contributed by atoms with Gasteiger partial charge in [-0.15, -0.1) is 0 Å². The zero-order chi connectivity index (χ0) is 24.6. The molecular weight excluding hydrogens is 476 g/mol. The number of hydrogen-bond donors (Lipinski definition) is 1. The van der Waals surface area contributed by atoms with Gasteiger partial charge >= 0.3 is 5.97 Å². The van der Waals surface area contributed by atoms with Crippen molar-refractivity contribution in [2.75, 3.05) is 13.9 Å². The van der Waals surface area contributed by atoms with Crippen molar-refractivity contribution in [3.8, 4) is 11.5 Å². The van der Waals surface area contributed by atoms with Crippen molar-refractivity contribution in [3.05, 3.63) is 88.1 Å². The van der Waals surface area contributed by atoms with Gasteiger partial charge in [0.15, 0.2) is 11.5 Å². The maximum Gasteiger partial charge on any atom is 0.337 e. The van der Waals surface area contributed by atoms with Gasteiger partial charge in [0.1, 0.15) is 5.76 Å². The molecule has 3 heterocycles. The van der Waals surface area contributed by atoms with Gasteiger partial charge in [-0.3, -0.25) is 4.79 Å². The summed E-state index contributed by atoms with van der Waals surface area (Å²) in [5.74, 6) is 0.784. The number of esters is 1. The molecule has 1 aliphatic rings. The molecule has 0 atom stereocenters. The number of methoxy groups -OCH3 is 1. The molecule has 2 aromatic carbocycles. The van der Waals surface area contributed by atoms with E-state index in [2.05, 4.69) is 4.98 Å². The number of aromatic nitrogens is 1. The van der Waals surface area contributed by atoms with E-state index in [1.807, 2.05) is 0 Å². The maximum absolute atomic E-state index is 13.6. The highest BCUT2D eigenvalue weighted by Crippen LogP contribution is 2.35. The lowest BCUT2D eigenvalue weighted by Crippen LogP contribution is -2.32. The number of hydrogen-bond acceptors (Lipinski definition) is 8. The van der Waals surface area contributed by atoms with Crippen LogP contribution >= 0.6 is 0 Å². The number of carbonyl (C=O) groups excluding carboxylic acids is 1. The fraction of sp³-hybridized carbons (Fsp3) is 0.167. The minimum Gasteiger partial charge on any atom is -0.468 e. The maximum atomic E-state index is 13.6. The molecule has 2 aromatic heterocycles. The number of nitrogens with one attached hydrogen (secondary N) is 1. The number of furan rings is 1. The molecule has 0 spiro atoms. The average molecular weight is 496 g/mol. The molecule has 0 fully saturated rings. The van der Waals surface area contributed by atoms with Crippen LogP contribution in [0.2, 0.25) is 0 Å². The fourth-order valence-corrected chi connectivity index (χ4v) is 5.23. The van der Waals surface area contributed by atoms with Crippen molar-refractivity contribution >= 4 is 26.9 Å². The third-order valence-corrected chi connectivity index (χ3v) is 7.35. The van der Waals surface area contributed by atoms with E-state index in [1.165, 1.54) is 37.6 Å². The normalized spacial score (nSPS) is 12.9. The van der Waals surface area contributed by atoms with Gasteiger partial charge in [-0.25, -0.2) is 13.2 Å². The van der Waals surface area contributed by atoms with Gasteiger partial charge in [0.2, 0.25) is 16.8 Å². The predicted octanol–water partition coefficient (Wildman–Crippen LogP) is 3.03. The molecular formula is C24H20N2O8S. The Hall–Kier alpha value is -4.09. The highest BCUT2D eigenvalue weighted by molar-refractivity contribution is 7.89. The van der Waals surface area contributed by atoms with E-state index in [-0.39, 0.29) is 35.9 Å². The summed E-state index contributed by atoms with van der Waals surface area (Å²) in [6, 6.07) is 13.8. The van der Waals surface area contributed by atoms with E-state index in [9.17, 15) is 18.0 Å². The zero-order valence-corrected chi connectivity index (χ0v) is 19.3. The van der Waals surface area contributed by atoms with Gasteiger partial charge in [0.05, 0.1) is 35.9 Å². The van der Waals surface area contributed by atoms with Gasteiger partial charge in [0, 0.05) is 23.6 Å². The van der Waals surface area contributed by atoms with Crippen LogP contribution in [0.25, 0.3) is 10.9 Å². The lowest BCUT2D eigenvalue weighted by molar-refractivity contribution is 0.0600. The Bertz CT molecular complexity index is 1580. The minimum absolute atomic E-state index is 0.0859. The molecule has 0 unspecified atom stereocenters. The number of rotatable bonds is 7. The van der Waals surface area contributed by atoms with Crippen LogP contribution in [0.5, 0.6) is 11.5 Å². The molecule has 0 bridgehead atoms. The molecule has 1 N–H and O–H groups in total. The van der Waals surface area contributed by atoms with Crippen molar-refractivity contribution < 1.29 is 31.8 Å². The smallest absolute Gasteiger partial charge is 0.337 e. The largest absolute Gasteiger partial charge is 0.468 e. The minimum atomic E-state index is -4.15. The summed E-state index contributed by atoms with van der Waals surface area (Å²) in [5, 5.41) is 0.659. The molecule has 0 radical (unpaired) electrons. The number of nitrogens with zero attached hydrogens (tertiary/aromatic N) is 1. The first-order valence-corrected chi connectivity index (χ1v) is 12.0. The number of pyridine rings is 1. The van der Waals surface area contributed by atoms with Crippen LogP contribution in [-0.4, -0.2) is 37.6 Å². The fourth-order valence-electron chi connectivity index (χ4n) is 3.80. The number of aromatic amines is 1. The van der Waals surface area contributed by atoms with Crippen molar-refractivity contribution in [2.45, 2.75) is 18.0 Å². The molecule has 1 aliphatic heterocycles. The van der Waals surface area contributed by atoms with Crippen molar-refractivity contribution in [2.24, 2.45) is 0 Å². The van der Waals surface area contributed by atoms with Crippen LogP contribution in [0.4, 0.5) is 0 Å². The van der Waals surface area contributed by atoms with Gasteiger partial charge < -0.3 is 23.6 Å². The Kier molecular flexibility index (Phi) is 5.79. The lowest BCUT2D eigenvalue weighted by atomic mass is 10.1. The first-order chi connectivity index (χ1) is 16.8. The second-order valence-electron chi connectivity index (χ2n) is 7.79. The van der Waals surface area contributed by atoms with Crippen molar-refractivity contribution in [1.82, 2.24) is 9.29 Å². The van der Waals surface area contributed by atoms with Crippen molar-refractivity contribution in [3.63, 3.8) is 0 Å². The summed E-state index contributed by atoms with van der Waals surface area (Å²) >= 11 is 0. The summed E-state index contributed by atoms with van der Waals surface area (Å²) < 4.78 is 49.2. The van der Waals surface area contributed by atoms with E-state index < -0.39 is 21.6 Å². The second-order valence-corrected chi connectivity index (χ2v) is 9.73. The van der Waals surface area contributed by atoms with E-state index in [0.717, 1.165) is 4.31 Å². The Morgan fingerprint density at radius 2 is 1.86 bits per heavy atom. The molecule has 180 valence electrons. The van der Waals surface area contributed by atoms with E-state index in [1.54, 1.807) is 30.3 Å². The molecule has 5 rings (SSSR count). The molecule has 11 heteroatoms. The van der Waals surface area contributed by atoms with Crippen LogP contribution in [0, 0.1) is 0 Å². The third-order valence-electron chi connectivity index (χ3n) is 5.57. The van der Waals surface area contributed by atoms with Crippen LogP contribution in [0.1, 0.15) is 21.7 Å². The molecule has 0 aliphatic carbocycles. The number of H-pyrrole nitrogens is 1. The van der Waals surface area contributed by atoms with Gasteiger partial charge in [-0.05, 0) is 42.5 Å². The molecule has 0 saturated heterocycles. The first-order valence-electron chi connectivity index (χ1n) is 10.5. The van der Waals surface area contributed by atoms with Crippen LogP contribution in [-0.2, 0) is 27.8 Å². The summed E-state index contributed by atoms with van der Waals surface area (Å²) in [5.41, 5.74) is 0.398. The standard InChI is InChI=1S/C24H20N2O8S/c1-31-24(28)15-4-2-6-19(9-15)35(29,30)26(13-18-5-3-7-32-18)12-17-8-16-10-21-22(34-14-33-21)11-20(16)25-23(17)27/h2-11H,12-14H2,1H3,(H,25,27). The lowest BCUT2D eigenvalue weighted by Gasteiger charge is -2.21. The number of sulfonamides is 1. The SMILES string of the molecule is COC(=O)c1cccc(S(=O)(=O)N(Cc2ccco2)Cc2cc3cc4c(cc3[nH]c2=O)OCO4)c1. The van der Waals surface area contributed by atoms with E-state index >= 15 is 0 Å². The van der Waals surface area contributed by atoms with Crippen LogP contribution in [0.15, 0.2) is 75.0 Å². The van der Waals surface area contributed by atoms with E-state index in [0.29, 0.717) is 28.2 Å². The zero-order valence-electron chi connectivity index (χ0n) is 18.5. The molecule has 10 nitrogen and oxygen atoms in total. The highest BCUT2D eigenvalue weighted by Gasteiger charge is 2.28. The number of fused-ring (bicyclic) bond motifs is 2. The number of carbonyl (C=O) groups is 1. The van der Waals surface area contributed by atoms with Crippen LogP contribution in [0.3, 0.4) is 0 Å². The predicted molar refractivity (Wildman–Crippen MR) is 124 cm³/mol. The number of benzene rings is 2. The Morgan fingerprint density at radius 3 is 2.60 bits per heavy atom. The Balaban J connectivity index is 1.55. The molecule has 0 saturated carbocycles. The summed E-state index contributed by atoms with van der Waals surface area (Å²) in [4.78, 5) is 27.5. The second kappa shape index (κ2) is 8.93. The van der Waals surface area contributed by atoms with E-state index in [4.69, 9.17) is 18.6 Å². The topological polar surface area (TPSA) is 128 Å². The van der Waals surface area contributed by atoms with Gasteiger partial charge in [0.25, 0.3) is 5.56 Å². The average Bonchev–Trinajstić information content (AvgIpc) is 3.54. The van der Waals surface area contributed by atoms with Gasteiger partial charge in [-0.1, -0.05) is 6.07 Å². The molecule has 35 heavy (non-hydrogen) atoms. The number of ether oxygens (including phenoxy) is 3. The summed E-state index contributed by atoms with van der Waals surface area (Å²) in [7, 11) is -2.94.